The van der Waals surface area contributed by atoms with Crippen LogP contribution in [0.1, 0.15) is 18.1 Å². The Kier molecular flexibility index (Phi) is 7.31. The number of carbonyl (C=O) groups is 1. The Hall–Kier alpha value is -2.49. The van der Waals surface area contributed by atoms with E-state index < -0.39 is 21.5 Å². The molecule has 0 aliphatic carbocycles. The van der Waals surface area contributed by atoms with Gasteiger partial charge in [0.05, 0.1) is 15.1 Å². The lowest BCUT2D eigenvalue weighted by Crippen LogP contribution is -2.48. The fraction of sp³-hybridized carbons (Fsp3) is 0.417. The number of para-hydroxylation sites is 1. The van der Waals surface area contributed by atoms with Gasteiger partial charge in [-0.15, -0.1) is 0 Å². The molecule has 4 rings (SSSR count). The molecule has 0 atom stereocenters. The number of nitrogens with zero attached hydrogens (tertiary/aromatic N) is 3. The van der Waals surface area contributed by atoms with Gasteiger partial charge in [-0.05, 0) is 37.1 Å². The average molecular weight is 487 g/mol. The van der Waals surface area contributed by atoms with Gasteiger partial charge in [-0.3, -0.25) is 9.69 Å². The number of benzene rings is 2. The van der Waals surface area contributed by atoms with Crippen LogP contribution in [-0.4, -0.2) is 69.2 Å². The van der Waals surface area contributed by atoms with Gasteiger partial charge in [0.15, 0.2) is 15.0 Å². The van der Waals surface area contributed by atoms with Crippen molar-refractivity contribution in [2.45, 2.75) is 25.2 Å². The fourth-order valence-electron chi connectivity index (χ4n) is 3.98. The molecule has 3 aromatic rings. The van der Waals surface area contributed by atoms with E-state index in [0.717, 1.165) is 48.8 Å². The van der Waals surface area contributed by atoms with Gasteiger partial charge in [-0.25, -0.2) is 13.4 Å². The first-order chi connectivity index (χ1) is 15.9. The highest BCUT2D eigenvalue weighted by atomic mass is 32.2. The van der Waals surface area contributed by atoms with Crippen LogP contribution in [0.4, 0.5) is 5.13 Å². The smallest absolute Gasteiger partial charge is 0.235 e. The van der Waals surface area contributed by atoms with E-state index in [9.17, 15) is 13.2 Å². The van der Waals surface area contributed by atoms with Gasteiger partial charge < -0.3 is 10.2 Å². The molecule has 0 radical (unpaired) electrons. The zero-order valence-corrected chi connectivity index (χ0v) is 20.7. The molecule has 2 aromatic carbocycles. The number of carbonyl (C=O) groups excluding carboxylic acids is 1. The van der Waals surface area contributed by atoms with E-state index in [-0.39, 0.29) is 4.90 Å². The molecule has 2 heterocycles. The molecule has 1 fully saturated rings. The number of piperazine rings is 1. The van der Waals surface area contributed by atoms with Gasteiger partial charge in [0.1, 0.15) is 5.75 Å². The SMILES string of the molecule is CCc1cccc2sc(N3CCN(CCNC(=O)CS(=O)(=O)c4ccc(C)cc4)CC3)nc12. The molecule has 7 nitrogen and oxygen atoms in total. The number of hydrogen-bond acceptors (Lipinski definition) is 7. The van der Waals surface area contributed by atoms with Crippen molar-refractivity contribution in [3.8, 4) is 0 Å². The molecular weight excluding hydrogens is 456 g/mol. The number of fused-ring (bicyclic) bond motifs is 1. The number of rotatable bonds is 8. The van der Waals surface area contributed by atoms with Crippen LogP contribution in [0.3, 0.4) is 0 Å². The van der Waals surface area contributed by atoms with Gasteiger partial charge in [0.25, 0.3) is 0 Å². The molecule has 1 N–H and O–H groups in total. The van der Waals surface area contributed by atoms with Crippen molar-refractivity contribution >= 4 is 42.4 Å². The summed E-state index contributed by atoms with van der Waals surface area (Å²) in [4.78, 5) is 21.9. The Labute approximate surface area is 199 Å². The van der Waals surface area contributed by atoms with Crippen molar-refractivity contribution in [2.75, 3.05) is 49.9 Å². The summed E-state index contributed by atoms with van der Waals surface area (Å²) in [5.41, 5.74) is 3.38. The summed E-state index contributed by atoms with van der Waals surface area (Å²) >= 11 is 1.74. The summed E-state index contributed by atoms with van der Waals surface area (Å²) < 4.78 is 26.1. The third-order valence-corrected chi connectivity index (χ3v) is 8.68. The topological polar surface area (TPSA) is 82.6 Å². The van der Waals surface area contributed by atoms with Crippen LogP contribution in [-0.2, 0) is 21.1 Å². The molecule has 0 spiro atoms. The molecule has 0 unspecified atom stereocenters. The first-order valence-corrected chi connectivity index (χ1v) is 13.7. The average Bonchev–Trinajstić information content (AvgIpc) is 3.24. The summed E-state index contributed by atoms with van der Waals surface area (Å²) in [6, 6.07) is 12.9. The highest BCUT2D eigenvalue weighted by molar-refractivity contribution is 7.92. The standard InChI is InChI=1S/C24H30N4O3S2/c1-3-19-5-4-6-21-23(19)26-24(32-21)28-15-13-27(14-16-28)12-11-25-22(29)17-33(30,31)20-9-7-18(2)8-10-20/h4-10H,3,11-17H2,1-2H3,(H,25,29). The Balaban J connectivity index is 1.23. The second kappa shape index (κ2) is 10.2. The lowest BCUT2D eigenvalue weighted by molar-refractivity contribution is -0.118. The van der Waals surface area contributed by atoms with Crippen LogP contribution < -0.4 is 10.2 Å². The number of sulfone groups is 1. The van der Waals surface area contributed by atoms with Crippen LogP contribution in [0.25, 0.3) is 10.2 Å². The van der Waals surface area contributed by atoms with E-state index in [4.69, 9.17) is 4.98 Å². The third-order valence-electron chi connectivity index (χ3n) is 5.97. The molecule has 1 aromatic heterocycles. The Bertz CT molecular complexity index is 1210. The molecule has 9 heteroatoms. The first kappa shape index (κ1) is 23.7. The normalized spacial score (nSPS) is 15.2. The van der Waals surface area contributed by atoms with Crippen LogP contribution in [0, 0.1) is 6.92 Å². The number of amides is 1. The fourth-order valence-corrected chi connectivity index (χ4v) is 6.21. The van der Waals surface area contributed by atoms with Gasteiger partial charge in [0, 0.05) is 39.3 Å². The van der Waals surface area contributed by atoms with Gasteiger partial charge in [-0.1, -0.05) is 48.1 Å². The van der Waals surface area contributed by atoms with Crippen LogP contribution >= 0.6 is 11.3 Å². The van der Waals surface area contributed by atoms with Gasteiger partial charge in [-0.2, -0.15) is 0 Å². The van der Waals surface area contributed by atoms with E-state index in [2.05, 4.69) is 40.2 Å². The molecular formula is C24H30N4O3S2. The lowest BCUT2D eigenvalue weighted by atomic mass is 10.1. The number of hydrogen-bond donors (Lipinski definition) is 1. The number of aromatic nitrogens is 1. The maximum atomic E-state index is 12.4. The largest absolute Gasteiger partial charge is 0.354 e. The summed E-state index contributed by atoms with van der Waals surface area (Å²) in [5.74, 6) is -0.989. The number of nitrogens with one attached hydrogen (secondary N) is 1. The van der Waals surface area contributed by atoms with E-state index in [1.54, 1.807) is 35.6 Å². The van der Waals surface area contributed by atoms with Crippen LogP contribution in [0.2, 0.25) is 0 Å². The zero-order chi connectivity index (χ0) is 23.4. The Morgan fingerprint density at radius 1 is 1.09 bits per heavy atom. The molecule has 1 aliphatic heterocycles. The number of anilines is 1. The summed E-state index contributed by atoms with van der Waals surface area (Å²) in [6.45, 7) is 8.72. The highest BCUT2D eigenvalue weighted by Gasteiger charge is 2.22. The van der Waals surface area contributed by atoms with E-state index in [0.29, 0.717) is 13.1 Å². The molecule has 1 saturated heterocycles. The van der Waals surface area contributed by atoms with E-state index in [1.165, 1.54) is 10.3 Å². The van der Waals surface area contributed by atoms with Crippen molar-refractivity contribution < 1.29 is 13.2 Å². The maximum Gasteiger partial charge on any atom is 0.235 e. The predicted molar refractivity (Wildman–Crippen MR) is 134 cm³/mol. The monoisotopic (exact) mass is 486 g/mol. The van der Waals surface area contributed by atoms with E-state index >= 15 is 0 Å². The minimum atomic E-state index is -3.62. The Morgan fingerprint density at radius 3 is 2.52 bits per heavy atom. The summed E-state index contributed by atoms with van der Waals surface area (Å²) in [6.07, 6.45) is 0.979. The number of thiazole rings is 1. The lowest BCUT2D eigenvalue weighted by Gasteiger charge is -2.34. The van der Waals surface area contributed by atoms with Crippen molar-refractivity contribution in [3.05, 3.63) is 53.6 Å². The zero-order valence-electron chi connectivity index (χ0n) is 19.1. The van der Waals surface area contributed by atoms with Gasteiger partial charge >= 0.3 is 0 Å². The van der Waals surface area contributed by atoms with Crippen molar-refractivity contribution in [1.29, 1.82) is 0 Å². The summed E-state index contributed by atoms with van der Waals surface area (Å²) in [7, 11) is -3.62. The van der Waals surface area contributed by atoms with Crippen molar-refractivity contribution in [3.63, 3.8) is 0 Å². The third kappa shape index (κ3) is 5.72. The molecule has 0 bridgehead atoms. The Morgan fingerprint density at radius 2 is 1.82 bits per heavy atom. The van der Waals surface area contributed by atoms with Crippen LogP contribution in [0.5, 0.6) is 0 Å². The van der Waals surface area contributed by atoms with Crippen LogP contribution in [0.15, 0.2) is 47.4 Å². The van der Waals surface area contributed by atoms with Crippen molar-refractivity contribution in [2.24, 2.45) is 0 Å². The van der Waals surface area contributed by atoms with Crippen molar-refractivity contribution in [1.82, 2.24) is 15.2 Å². The highest BCUT2D eigenvalue weighted by Crippen LogP contribution is 2.31. The quantitative estimate of drug-likeness (QED) is 0.527. The van der Waals surface area contributed by atoms with E-state index in [1.807, 2.05) is 6.92 Å². The molecule has 0 saturated carbocycles. The minimum absolute atomic E-state index is 0.181. The first-order valence-electron chi connectivity index (χ1n) is 11.3. The maximum absolute atomic E-state index is 12.4. The molecule has 1 aliphatic rings. The summed E-state index contributed by atoms with van der Waals surface area (Å²) in [5, 5.41) is 3.83. The van der Waals surface area contributed by atoms with Gasteiger partial charge in [0.2, 0.25) is 5.91 Å². The number of aryl methyl sites for hydroxylation is 2. The second-order valence-corrected chi connectivity index (χ2v) is 11.4. The molecule has 33 heavy (non-hydrogen) atoms. The second-order valence-electron chi connectivity index (χ2n) is 8.36. The predicted octanol–water partition coefficient (Wildman–Crippen LogP) is 2.88. The minimum Gasteiger partial charge on any atom is -0.354 e. The molecule has 176 valence electrons. The molecule has 1 amide bonds.